The Hall–Kier alpha value is -1.17. The highest BCUT2D eigenvalue weighted by Crippen LogP contribution is 2.32. The van der Waals surface area contributed by atoms with Crippen LogP contribution in [0.15, 0.2) is 18.5 Å². The van der Waals surface area contributed by atoms with E-state index in [4.69, 9.17) is 10.6 Å². The van der Waals surface area contributed by atoms with Gasteiger partial charge in [0.05, 0.1) is 19.3 Å². The Kier molecular flexibility index (Phi) is 5.07. The van der Waals surface area contributed by atoms with Gasteiger partial charge in [0.15, 0.2) is 0 Å². The minimum atomic E-state index is -0.0944. The Labute approximate surface area is 109 Å². The normalized spacial score (nSPS) is 16.4. The number of nitrogens with zero attached hydrogens (tertiary/aromatic N) is 2. The summed E-state index contributed by atoms with van der Waals surface area (Å²) in [5.41, 5.74) is 3.83. The molecular formula is C13H24N4O. The van der Waals surface area contributed by atoms with E-state index in [2.05, 4.69) is 43.3 Å². The summed E-state index contributed by atoms with van der Waals surface area (Å²) >= 11 is 0. The van der Waals surface area contributed by atoms with Crippen LogP contribution in [0.4, 0.5) is 0 Å². The molecule has 0 aromatic carbocycles. The number of methoxy groups -OCH3 is 1. The second-order valence-electron chi connectivity index (χ2n) is 4.86. The van der Waals surface area contributed by atoms with Crippen molar-refractivity contribution in [3.63, 3.8) is 0 Å². The van der Waals surface area contributed by atoms with Crippen LogP contribution in [0.3, 0.4) is 0 Å². The fourth-order valence-electron chi connectivity index (χ4n) is 2.12. The lowest BCUT2D eigenvalue weighted by Crippen LogP contribution is -2.53. The summed E-state index contributed by atoms with van der Waals surface area (Å²) in [6.45, 7) is 4.33. The lowest BCUT2D eigenvalue weighted by atomic mass is 9.84. The largest absolute Gasteiger partial charge is 0.495 e. The first-order valence-electron chi connectivity index (χ1n) is 6.12. The van der Waals surface area contributed by atoms with Crippen LogP contribution < -0.4 is 16.0 Å². The summed E-state index contributed by atoms with van der Waals surface area (Å²) in [4.78, 5) is 6.37. The van der Waals surface area contributed by atoms with Crippen LogP contribution in [0.5, 0.6) is 5.75 Å². The van der Waals surface area contributed by atoms with Gasteiger partial charge in [0.2, 0.25) is 0 Å². The molecule has 0 saturated heterocycles. The lowest BCUT2D eigenvalue weighted by Gasteiger charge is -2.42. The SMILES string of the molecule is CCC(C)(C(NN)c1cncc(OC)c1)N(C)C. The zero-order valence-electron chi connectivity index (χ0n) is 11.9. The second-order valence-corrected chi connectivity index (χ2v) is 4.86. The molecule has 5 nitrogen and oxygen atoms in total. The maximum Gasteiger partial charge on any atom is 0.137 e. The van der Waals surface area contributed by atoms with Crippen molar-refractivity contribution in [3.8, 4) is 5.75 Å². The van der Waals surface area contributed by atoms with Crippen LogP contribution in [0, 0.1) is 0 Å². The van der Waals surface area contributed by atoms with Crippen LogP contribution >= 0.6 is 0 Å². The molecule has 0 fully saturated rings. The first-order valence-corrected chi connectivity index (χ1v) is 6.12. The number of ether oxygens (including phenoxy) is 1. The van der Waals surface area contributed by atoms with Crippen molar-refractivity contribution < 1.29 is 4.74 Å². The predicted molar refractivity (Wildman–Crippen MR) is 73.2 cm³/mol. The summed E-state index contributed by atoms with van der Waals surface area (Å²) in [7, 11) is 5.75. The Morgan fingerprint density at radius 3 is 2.61 bits per heavy atom. The monoisotopic (exact) mass is 252 g/mol. The molecule has 0 aliphatic carbocycles. The number of aromatic nitrogens is 1. The molecule has 0 bridgehead atoms. The van der Waals surface area contributed by atoms with Crippen molar-refractivity contribution in [3.05, 3.63) is 24.0 Å². The van der Waals surface area contributed by atoms with Crippen LogP contribution in [0.2, 0.25) is 0 Å². The standard InChI is InChI=1S/C13H24N4O/c1-6-13(2,17(3)4)12(16-14)10-7-11(18-5)9-15-8-10/h7-9,12,16H,6,14H2,1-5H3. The average molecular weight is 252 g/mol. The van der Waals surface area contributed by atoms with Crippen molar-refractivity contribution in [1.29, 1.82) is 0 Å². The topological polar surface area (TPSA) is 63.4 Å². The molecule has 2 atom stereocenters. The Balaban J connectivity index is 3.15. The van der Waals surface area contributed by atoms with Gasteiger partial charge < -0.3 is 9.64 Å². The van der Waals surface area contributed by atoms with Gasteiger partial charge in [0, 0.05) is 11.7 Å². The average Bonchev–Trinajstić information content (AvgIpc) is 2.39. The minimum absolute atomic E-state index is 0.0138. The van der Waals surface area contributed by atoms with Crippen LogP contribution in [-0.4, -0.2) is 36.6 Å². The number of nitrogens with two attached hydrogens (primary N) is 1. The first-order chi connectivity index (χ1) is 8.49. The molecule has 0 radical (unpaired) electrons. The second kappa shape index (κ2) is 6.13. The molecular weight excluding hydrogens is 228 g/mol. The summed E-state index contributed by atoms with van der Waals surface area (Å²) in [5.74, 6) is 6.49. The quantitative estimate of drug-likeness (QED) is 0.590. The van der Waals surface area contributed by atoms with E-state index in [-0.39, 0.29) is 11.6 Å². The highest BCUT2D eigenvalue weighted by molar-refractivity contribution is 5.28. The molecule has 102 valence electrons. The summed E-state index contributed by atoms with van der Waals surface area (Å²) < 4.78 is 5.21. The molecule has 3 N–H and O–H groups in total. The van der Waals surface area contributed by atoms with E-state index >= 15 is 0 Å². The van der Waals surface area contributed by atoms with E-state index in [1.54, 1.807) is 13.3 Å². The third-order valence-corrected chi connectivity index (χ3v) is 3.83. The minimum Gasteiger partial charge on any atom is -0.495 e. The molecule has 2 unspecified atom stereocenters. The van der Waals surface area contributed by atoms with E-state index in [9.17, 15) is 0 Å². The number of likely N-dealkylation sites (N-methyl/N-ethyl adjacent to an activating group) is 1. The smallest absolute Gasteiger partial charge is 0.137 e. The van der Waals surface area contributed by atoms with Gasteiger partial charge in [0.25, 0.3) is 0 Å². The number of rotatable bonds is 6. The van der Waals surface area contributed by atoms with Gasteiger partial charge in [-0.05, 0) is 39.1 Å². The van der Waals surface area contributed by atoms with E-state index in [0.717, 1.165) is 17.7 Å². The number of hydrogen-bond donors (Lipinski definition) is 2. The molecule has 0 aliphatic rings. The summed E-state index contributed by atoms with van der Waals surface area (Å²) in [6, 6.07) is 1.95. The molecule has 1 heterocycles. The molecule has 0 saturated carbocycles. The van der Waals surface area contributed by atoms with Crippen molar-refractivity contribution in [2.45, 2.75) is 31.8 Å². The zero-order chi connectivity index (χ0) is 13.8. The lowest BCUT2D eigenvalue weighted by molar-refractivity contribution is 0.112. The maximum atomic E-state index is 5.75. The fourth-order valence-corrected chi connectivity index (χ4v) is 2.12. The number of pyridine rings is 1. The van der Waals surface area contributed by atoms with E-state index in [1.807, 2.05) is 12.3 Å². The molecule has 0 spiro atoms. The Morgan fingerprint density at radius 2 is 2.17 bits per heavy atom. The molecule has 0 aliphatic heterocycles. The van der Waals surface area contributed by atoms with E-state index in [0.29, 0.717) is 0 Å². The molecule has 18 heavy (non-hydrogen) atoms. The maximum absolute atomic E-state index is 5.75. The van der Waals surface area contributed by atoms with Gasteiger partial charge in [-0.15, -0.1) is 0 Å². The fraction of sp³-hybridized carbons (Fsp3) is 0.615. The highest BCUT2D eigenvalue weighted by Gasteiger charge is 2.35. The molecule has 1 rings (SSSR count). The third kappa shape index (κ3) is 2.80. The van der Waals surface area contributed by atoms with Crippen LogP contribution in [0.25, 0.3) is 0 Å². The highest BCUT2D eigenvalue weighted by atomic mass is 16.5. The van der Waals surface area contributed by atoms with Gasteiger partial charge in [-0.2, -0.15) is 0 Å². The van der Waals surface area contributed by atoms with Crippen LogP contribution in [0.1, 0.15) is 31.9 Å². The Morgan fingerprint density at radius 1 is 1.50 bits per heavy atom. The molecule has 1 aromatic rings. The van der Waals surface area contributed by atoms with Crippen molar-refractivity contribution in [2.75, 3.05) is 21.2 Å². The first kappa shape index (κ1) is 14.9. The molecule has 1 aromatic heterocycles. The molecule has 5 heteroatoms. The van der Waals surface area contributed by atoms with Gasteiger partial charge in [-0.3, -0.25) is 16.3 Å². The number of hydrazine groups is 1. The Bertz CT molecular complexity index is 383. The predicted octanol–water partition coefficient (Wildman–Crippen LogP) is 1.32. The summed E-state index contributed by atoms with van der Waals surface area (Å²) in [6.07, 6.45) is 4.48. The number of hydrogen-bond acceptors (Lipinski definition) is 5. The van der Waals surface area contributed by atoms with E-state index < -0.39 is 0 Å². The van der Waals surface area contributed by atoms with Crippen molar-refractivity contribution in [2.24, 2.45) is 5.84 Å². The van der Waals surface area contributed by atoms with Gasteiger partial charge in [-0.25, -0.2) is 0 Å². The summed E-state index contributed by atoms with van der Waals surface area (Å²) in [5, 5.41) is 0. The number of nitrogens with one attached hydrogen (secondary N) is 1. The van der Waals surface area contributed by atoms with Crippen LogP contribution in [-0.2, 0) is 0 Å². The van der Waals surface area contributed by atoms with Crippen molar-refractivity contribution in [1.82, 2.24) is 15.3 Å². The zero-order valence-corrected chi connectivity index (χ0v) is 11.9. The van der Waals surface area contributed by atoms with Gasteiger partial charge >= 0.3 is 0 Å². The molecule has 0 amide bonds. The van der Waals surface area contributed by atoms with Gasteiger partial charge in [0.1, 0.15) is 5.75 Å². The van der Waals surface area contributed by atoms with Gasteiger partial charge in [-0.1, -0.05) is 6.92 Å². The van der Waals surface area contributed by atoms with Crippen molar-refractivity contribution >= 4 is 0 Å². The van der Waals surface area contributed by atoms with E-state index in [1.165, 1.54) is 0 Å². The third-order valence-electron chi connectivity index (χ3n) is 3.83.